The Hall–Kier alpha value is -3.08. The van der Waals surface area contributed by atoms with Crippen LogP contribution in [0.25, 0.3) is 11.3 Å². The van der Waals surface area contributed by atoms with Crippen LogP contribution in [0.1, 0.15) is 35.0 Å². The number of nitrogens with one attached hydrogen (secondary N) is 1. The predicted octanol–water partition coefficient (Wildman–Crippen LogP) is 4.41. The van der Waals surface area contributed by atoms with E-state index in [4.69, 9.17) is 9.26 Å². The molecule has 0 fully saturated rings. The highest BCUT2D eigenvalue weighted by atomic mass is 16.5. The van der Waals surface area contributed by atoms with Gasteiger partial charge in [-0.2, -0.15) is 0 Å². The molecular weight excluding hydrogens is 340 g/mol. The number of rotatable bonds is 7. The maximum absolute atomic E-state index is 12.8. The van der Waals surface area contributed by atoms with Gasteiger partial charge in [-0.3, -0.25) is 4.79 Å². The van der Waals surface area contributed by atoms with Crippen molar-refractivity contribution in [2.45, 2.75) is 32.7 Å². The molecule has 1 N–H and O–H groups in total. The fraction of sp³-hybridized carbons (Fsp3) is 0.273. The maximum atomic E-state index is 12.8. The number of amides is 1. The second kappa shape index (κ2) is 8.54. The Labute approximate surface area is 159 Å². The molecule has 0 radical (unpaired) electrons. The Balaban J connectivity index is 1.70. The maximum Gasteiger partial charge on any atom is 0.257 e. The Morgan fingerprint density at radius 3 is 2.52 bits per heavy atom. The molecule has 0 saturated heterocycles. The molecule has 3 rings (SSSR count). The SMILES string of the molecule is COc1ccc(-c2onc(C)c2C(=O)N[C@H](C)CCc2ccccc2)cc1. The monoisotopic (exact) mass is 364 g/mol. The van der Waals surface area contributed by atoms with E-state index in [1.807, 2.05) is 49.4 Å². The first-order valence-corrected chi connectivity index (χ1v) is 9.04. The molecule has 0 saturated carbocycles. The van der Waals surface area contributed by atoms with Crippen molar-refractivity contribution in [2.75, 3.05) is 7.11 Å². The summed E-state index contributed by atoms with van der Waals surface area (Å²) in [5.74, 6) is 1.05. The van der Waals surface area contributed by atoms with E-state index in [0.29, 0.717) is 17.0 Å². The van der Waals surface area contributed by atoms with Crippen LogP contribution in [0, 0.1) is 6.92 Å². The zero-order valence-corrected chi connectivity index (χ0v) is 15.9. The number of aryl methyl sites for hydroxylation is 2. The molecule has 0 aliphatic heterocycles. The molecule has 0 unspecified atom stereocenters. The van der Waals surface area contributed by atoms with Crippen LogP contribution in [0.2, 0.25) is 0 Å². The standard InChI is InChI=1S/C22H24N2O3/c1-15(9-10-17-7-5-4-6-8-17)23-22(25)20-16(2)24-27-21(20)18-11-13-19(26-3)14-12-18/h4-8,11-15H,9-10H2,1-3H3,(H,23,25)/t15-/m1/s1. The summed E-state index contributed by atoms with van der Waals surface area (Å²) in [5, 5.41) is 7.05. The van der Waals surface area contributed by atoms with Crippen molar-refractivity contribution in [2.24, 2.45) is 0 Å². The third kappa shape index (κ3) is 4.56. The summed E-state index contributed by atoms with van der Waals surface area (Å²) in [4.78, 5) is 12.8. The second-order valence-electron chi connectivity index (χ2n) is 6.60. The molecule has 3 aromatic rings. The lowest BCUT2D eigenvalue weighted by Gasteiger charge is -2.14. The van der Waals surface area contributed by atoms with E-state index in [-0.39, 0.29) is 11.9 Å². The zero-order chi connectivity index (χ0) is 19.2. The van der Waals surface area contributed by atoms with Gasteiger partial charge >= 0.3 is 0 Å². The average Bonchev–Trinajstić information content (AvgIpc) is 3.09. The number of benzene rings is 2. The molecule has 5 heteroatoms. The molecule has 1 atom stereocenters. The summed E-state index contributed by atoms with van der Waals surface area (Å²) in [6, 6.07) is 17.7. The van der Waals surface area contributed by atoms with Crippen LogP contribution in [0.3, 0.4) is 0 Å². The van der Waals surface area contributed by atoms with Crippen molar-refractivity contribution in [1.82, 2.24) is 10.5 Å². The Bertz CT molecular complexity index is 886. The van der Waals surface area contributed by atoms with Crippen LogP contribution in [0.4, 0.5) is 0 Å². The van der Waals surface area contributed by atoms with Gasteiger partial charge in [-0.15, -0.1) is 0 Å². The smallest absolute Gasteiger partial charge is 0.257 e. The summed E-state index contributed by atoms with van der Waals surface area (Å²) in [6.45, 7) is 3.79. The third-order valence-electron chi connectivity index (χ3n) is 4.53. The number of carbonyl (C=O) groups excluding carboxylic acids is 1. The molecule has 140 valence electrons. The normalized spacial score (nSPS) is 11.8. The highest BCUT2D eigenvalue weighted by Crippen LogP contribution is 2.28. The van der Waals surface area contributed by atoms with E-state index in [0.717, 1.165) is 24.2 Å². The second-order valence-corrected chi connectivity index (χ2v) is 6.60. The lowest BCUT2D eigenvalue weighted by Crippen LogP contribution is -2.33. The Kier molecular flexibility index (Phi) is 5.91. The lowest BCUT2D eigenvalue weighted by atomic mass is 10.0. The van der Waals surface area contributed by atoms with E-state index in [1.165, 1.54) is 5.56 Å². The molecule has 27 heavy (non-hydrogen) atoms. The number of hydrogen-bond acceptors (Lipinski definition) is 4. The molecule has 0 aliphatic carbocycles. The van der Waals surface area contributed by atoms with Gasteiger partial charge in [0.15, 0.2) is 5.76 Å². The summed E-state index contributed by atoms with van der Waals surface area (Å²) in [7, 11) is 1.61. The number of nitrogens with zero attached hydrogens (tertiary/aromatic N) is 1. The number of methoxy groups -OCH3 is 1. The molecule has 1 amide bonds. The van der Waals surface area contributed by atoms with E-state index in [1.54, 1.807) is 14.0 Å². The minimum Gasteiger partial charge on any atom is -0.497 e. The highest BCUT2D eigenvalue weighted by molar-refractivity contribution is 6.00. The van der Waals surface area contributed by atoms with E-state index in [2.05, 4.69) is 22.6 Å². The first-order chi connectivity index (χ1) is 13.1. The fourth-order valence-electron chi connectivity index (χ4n) is 2.97. The molecule has 5 nitrogen and oxygen atoms in total. The van der Waals surface area contributed by atoms with Gasteiger partial charge in [0.25, 0.3) is 5.91 Å². The number of ether oxygens (including phenoxy) is 1. The van der Waals surface area contributed by atoms with Crippen molar-refractivity contribution in [3.05, 3.63) is 71.4 Å². The van der Waals surface area contributed by atoms with Gasteiger partial charge in [0, 0.05) is 11.6 Å². The van der Waals surface area contributed by atoms with Gasteiger partial charge in [-0.25, -0.2) is 0 Å². The van der Waals surface area contributed by atoms with Crippen molar-refractivity contribution in [1.29, 1.82) is 0 Å². The van der Waals surface area contributed by atoms with Crippen LogP contribution in [0.15, 0.2) is 59.1 Å². The minimum absolute atomic E-state index is 0.0377. The summed E-state index contributed by atoms with van der Waals surface area (Å²) >= 11 is 0. The van der Waals surface area contributed by atoms with Crippen LogP contribution in [0.5, 0.6) is 5.75 Å². The number of aromatic nitrogens is 1. The molecule has 2 aromatic carbocycles. The molecule has 0 spiro atoms. The van der Waals surface area contributed by atoms with Gasteiger partial charge in [0.1, 0.15) is 11.3 Å². The van der Waals surface area contributed by atoms with Gasteiger partial charge < -0.3 is 14.6 Å². The Morgan fingerprint density at radius 2 is 1.85 bits per heavy atom. The number of hydrogen-bond donors (Lipinski definition) is 1. The van der Waals surface area contributed by atoms with E-state index < -0.39 is 0 Å². The quantitative estimate of drug-likeness (QED) is 0.674. The first kappa shape index (κ1) is 18.7. The van der Waals surface area contributed by atoms with Crippen molar-refractivity contribution in [3.8, 4) is 17.1 Å². The largest absolute Gasteiger partial charge is 0.497 e. The highest BCUT2D eigenvalue weighted by Gasteiger charge is 2.23. The predicted molar refractivity (Wildman–Crippen MR) is 105 cm³/mol. The van der Waals surface area contributed by atoms with Crippen LogP contribution < -0.4 is 10.1 Å². The van der Waals surface area contributed by atoms with Crippen LogP contribution >= 0.6 is 0 Å². The van der Waals surface area contributed by atoms with Crippen molar-refractivity contribution >= 4 is 5.91 Å². The van der Waals surface area contributed by atoms with E-state index in [9.17, 15) is 4.79 Å². The van der Waals surface area contributed by atoms with Crippen LogP contribution in [-0.2, 0) is 6.42 Å². The van der Waals surface area contributed by atoms with Gasteiger partial charge in [-0.05, 0) is 56.5 Å². The lowest BCUT2D eigenvalue weighted by molar-refractivity contribution is 0.0938. The molecule has 1 aromatic heterocycles. The van der Waals surface area contributed by atoms with E-state index >= 15 is 0 Å². The first-order valence-electron chi connectivity index (χ1n) is 9.04. The summed E-state index contributed by atoms with van der Waals surface area (Å²) < 4.78 is 10.6. The van der Waals surface area contributed by atoms with Crippen molar-refractivity contribution in [3.63, 3.8) is 0 Å². The molecule has 1 heterocycles. The molecule has 0 aliphatic rings. The minimum atomic E-state index is -0.167. The molecule has 0 bridgehead atoms. The van der Waals surface area contributed by atoms with Gasteiger partial charge in [0.05, 0.1) is 12.8 Å². The summed E-state index contributed by atoms with van der Waals surface area (Å²) in [6.07, 6.45) is 1.77. The zero-order valence-electron chi connectivity index (χ0n) is 15.9. The Morgan fingerprint density at radius 1 is 1.15 bits per heavy atom. The van der Waals surface area contributed by atoms with Crippen molar-refractivity contribution < 1.29 is 14.1 Å². The third-order valence-corrected chi connectivity index (χ3v) is 4.53. The topological polar surface area (TPSA) is 64.4 Å². The number of carbonyl (C=O) groups is 1. The molecular formula is C22H24N2O3. The van der Waals surface area contributed by atoms with Crippen LogP contribution in [-0.4, -0.2) is 24.2 Å². The van der Waals surface area contributed by atoms with Gasteiger partial charge in [-0.1, -0.05) is 35.5 Å². The van der Waals surface area contributed by atoms with Gasteiger partial charge in [0.2, 0.25) is 0 Å². The fourth-order valence-corrected chi connectivity index (χ4v) is 2.97. The summed E-state index contributed by atoms with van der Waals surface area (Å²) in [5.41, 5.74) is 3.11. The average molecular weight is 364 g/mol.